The van der Waals surface area contributed by atoms with E-state index in [2.05, 4.69) is 22.9 Å². The van der Waals surface area contributed by atoms with E-state index in [0.29, 0.717) is 16.5 Å². The molecule has 0 bridgehead atoms. The lowest BCUT2D eigenvalue weighted by Crippen LogP contribution is -2.27. The standard InChI is InChI=1S/C12H15BrO2/c1-8-7-15-12(6-11(8)13)9-2-4-10(14)5-3-9/h2-5,8,11-12,14H,6-7H2,1H3. The summed E-state index contributed by atoms with van der Waals surface area (Å²) in [4.78, 5) is 0.519. The first-order valence-electron chi connectivity index (χ1n) is 5.21. The number of benzene rings is 1. The zero-order chi connectivity index (χ0) is 10.8. The van der Waals surface area contributed by atoms with Crippen molar-refractivity contribution in [3.63, 3.8) is 0 Å². The van der Waals surface area contributed by atoms with Crippen LogP contribution in [0.3, 0.4) is 0 Å². The van der Waals surface area contributed by atoms with Gasteiger partial charge in [0.2, 0.25) is 0 Å². The number of alkyl halides is 1. The molecule has 0 aliphatic carbocycles. The van der Waals surface area contributed by atoms with E-state index in [1.807, 2.05) is 12.1 Å². The second-order valence-corrected chi connectivity index (χ2v) is 5.32. The van der Waals surface area contributed by atoms with Crippen molar-refractivity contribution in [2.75, 3.05) is 6.61 Å². The lowest BCUT2D eigenvalue weighted by molar-refractivity contribution is -0.00764. The zero-order valence-corrected chi connectivity index (χ0v) is 10.3. The highest BCUT2D eigenvalue weighted by Crippen LogP contribution is 2.34. The highest BCUT2D eigenvalue weighted by Gasteiger charge is 2.27. The summed E-state index contributed by atoms with van der Waals surface area (Å²) in [7, 11) is 0. The third kappa shape index (κ3) is 2.52. The third-order valence-electron chi connectivity index (χ3n) is 2.88. The van der Waals surface area contributed by atoms with Gasteiger partial charge in [0, 0.05) is 4.83 Å². The lowest BCUT2D eigenvalue weighted by atomic mass is 9.96. The molecule has 0 radical (unpaired) electrons. The Labute approximate surface area is 98.4 Å². The number of phenols is 1. The lowest BCUT2D eigenvalue weighted by Gasteiger charge is -2.31. The van der Waals surface area contributed by atoms with E-state index in [9.17, 15) is 5.11 Å². The molecule has 1 aliphatic heterocycles. The van der Waals surface area contributed by atoms with Crippen molar-refractivity contribution in [1.82, 2.24) is 0 Å². The van der Waals surface area contributed by atoms with Crippen LogP contribution in [0.1, 0.15) is 25.0 Å². The molecule has 1 aliphatic rings. The largest absolute Gasteiger partial charge is 0.508 e. The van der Waals surface area contributed by atoms with Gasteiger partial charge in [0.25, 0.3) is 0 Å². The molecular formula is C12H15BrO2. The second kappa shape index (κ2) is 4.54. The SMILES string of the molecule is CC1COC(c2ccc(O)cc2)CC1Br. The number of hydrogen-bond donors (Lipinski definition) is 1. The first-order chi connectivity index (χ1) is 7.16. The van der Waals surface area contributed by atoms with Crippen LogP contribution in [0.4, 0.5) is 0 Å². The van der Waals surface area contributed by atoms with Crippen molar-refractivity contribution in [3.05, 3.63) is 29.8 Å². The van der Waals surface area contributed by atoms with Gasteiger partial charge in [-0.2, -0.15) is 0 Å². The molecule has 3 unspecified atom stereocenters. The van der Waals surface area contributed by atoms with E-state index in [1.165, 1.54) is 0 Å². The number of phenolic OH excluding ortho intramolecular Hbond substituents is 1. The van der Waals surface area contributed by atoms with Crippen LogP contribution in [0.15, 0.2) is 24.3 Å². The molecule has 1 aromatic rings. The molecule has 1 heterocycles. The van der Waals surface area contributed by atoms with Crippen LogP contribution in [-0.2, 0) is 4.74 Å². The molecule has 3 heteroatoms. The minimum absolute atomic E-state index is 0.158. The molecule has 0 spiro atoms. The number of halogens is 1. The van der Waals surface area contributed by atoms with Crippen LogP contribution < -0.4 is 0 Å². The van der Waals surface area contributed by atoms with E-state index in [1.54, 1.807) is 12.1 Å². The molecule has 3 atom stereocenters. The van der Waals surface area contributed by atoms with Gasteiger partial charge in [-0.05, 0) is 30.0 Å². The monoisotopic (exact) mass is 270 g/mol. The van der Waals surface area contributed by atoms with Crippen molar-refractivity contribution >= 4 is 15.9 Å². The van der Waals surface area contributed by atoms with Crippen LogP contribution in [0.25, 0.3) is 0 Å². The average molecular weight is 271 g/mol. The first kappa shape index (κ1) is 11.0. The van der Waals surface area contributed by atoms with Gasteiger partial charge in [-0.1, -0.05) is 35.0 Å². The Morgan fingerprint density at radius 3 is 2.60 bits per heavy atom. The van der Waals surface area contributed by atoms with Crippen molar-refractivity contribution < 1.29 is 9.84 Å². The fraction of sp³-hybridized carbons (Fsp3) is 0.500. The Morgan fingerprint density at radius 2 is 2.00 bits per heavy atom. The summed E-state index contributed by atoms with van der Waals surface area (Å²) in [5.74, 6) is 0.872. The van der Waals surface area contributed by atoms with E-state index in [0.717, 1.165) is 18.6 Å². The third-order valence-corrected chi connectivity index (χ3v) is 4.16. The van der Waals surface area contributed by atoms with Crippen LogP contribution in [0.5, 0.6) is 5.75 Å². The molecule has 1 aromatic carbocycles. The Balaban J connectivity index is 2.08. The van der Waals surface area contributed by atoms with Crippen LogP contribution >= 0.6 is 15.9 Å². The average Bonchev–Trinajstić information content (AvgIpc) is 2.23. The van der Waals surface area contributed by atoms with Crippen LogP contribution in [-0.4, -0.2) is 16.5 Å². The zero-order valence-electron chi connectivity index (χ0n) is 8.69. The van der Waals surface area contributed by atoms with Gasteiger partial charge in [-0.3, -0.25) is 0 Å². The maximum Gasteiger partial charge on any atom is 0.115 e. The molecule has 1 N–H and O–H groups in total. The van der Waals surface area contributed by atoms with Gasteiger partial charge >= 0.3 is 0 Å². The van der Waals surface area contributed by atoms with Crippen molar-refractivity contribution in [1.29, 1.82) is 0 Å². The maximum atomic E-state index is 9.20. The Hall–Kier alpha value is -0.540. The number of ether oxygens (including phenoxy) is 1. The molecule has 1 fully saturated rings. The summed E-state index contributed by atoms with van der Waals surface area (Å²) in [5, 5.41) is 9.20. The summed E-state index contributed by atoms with van der Waals surface area (Å²) >= 11 is 3.68. The molecule has 82 valence electrons. The highest BCUT2D eigenvalue weighted by atomic mass is 79.9. The molecule has 15 heavy (non-hydrogen) atoms. The summed E-state index contributed by atoms with van der Waals surface area (Å²) in [6.07, 6.45) is 1.15. The topological polar surface area (TPSA) is 29.5 Å². The second-order valence-electron chi connectivity index (χ2n) is 4.14. The normalized spacial score (nSPS) is 31.5. The van der Waals surface area contributed by atoms with Crippen molar-refractivity contribution in [2.24, 2.45) is 5.92 Å². The van der Waals surface area contributed by atoms with E-state index >= 15 is 0 Å². The molecule has 2 nitrogen and oxygen atoms in total. The van der Waals surface area contributed by atoms with Gasteiger partial charge in [0.1, 0.15) is 5.75 Å². The van der Waals surface area contributed by atoms with Gasteiger partial charge in [-0.15, -0.1) is 0 Å². The van der Waals surface area contributed by atoms with E-state index in [-0.39, 0.29) is 6.10 Å². The van der Waals surface area contributed by atoms with E-state index < -0.39 is 0 Å². The fourth-order valence-electron chi connectivity index (χ4n) is 1.80. The predicted molar refractivity (Wildman–Crippen MR) is 63.3 cm³/mol. The van der Waals surface area contributed by atoms with Gasteiger partial charge in [0.15, 0.2) is 0 Å². The Bertz CT molecular complexity index is 323. The van der Waals surface area contributed by atoms with Crippen molar-refractivity contribution in [3.8, 4) is 5.75 Å². The molecule has 0 aromatic heterocycles. The Kier molecular flexibility index (Phi) is 3.32. The molecule has 2 rings (SSSR count). The van der Waals surface area contributed by atoms with E-state index in [4.69, 9.17) is 4.74 Å². The number of aromatic hydroxyl groups is 1. The molecular weight excluding hydrogens is 256 g/mol. The minimum Gasteiger partial charge on any atom is -0.508 e. The number of rotatable bonds is 1. The van der Waals surface area contributed by atoms with Gasteiger partial charge in [-0.25, -0.2) is 0 Å². The predicted octanol–water partition coefficient (Wildman–Crippen LogP) is 3.25. The number of hydrogen-bond acceptors (Lipinski definition) is 2. The molecule has 0 amide bonds. The molecule has 1 saturated heterocycles. The summed E-state index contributed by atoms with van der Waals surface area (Å²) in [5.41, 5.74) is 1.14. The fourth-order valence-corrected chi connectivity index (χ4v) is 2.29. The maximum absolute atomic E-state index is 9.20. The summed E-state index contributed by atoms with van der Waals surface area (Å²) in [6.45, 7) is 2.98. The smallest absolute Gasteiger partial charge is 0.115 e. The van der Waals surface area contributed by atoms with Gasteiger partial charge in [0.05, 0.1) is 12.7 Å². The Morgan fingerprint density at radius 1 is 1.33 bits per heavy atom. The quantitative estimate of drug-likeness (QED) is 0.794. The van der Waals surface area contributed by atoms with Crippen molar-refractivity contribution in [2.45, 2.75) is 24.3 Å². The minimum atomic E-state index is 0.158. The summed E-state index contributed by atoms with van der Waals surface area (Å²) < 4.78 is 5.77. The first-order valence-corrected chi connectivity index (χ1v) is 6.13. The van der Waals surface area contributed by atoms with Gasteiger partial charge < -0.3 is 9.84 Å². The summed E-state index contributed by atoms with van der Waals surface area (Å²) in [6, 6.07) is 7.27. The molecule has 0 saturated carbocycles. The van der Waals surface area contributed by atoms with Crippen LogP contribution in [0, 0.1) is 5.92 Å². The van der Waals surface area contributed by atoms with Crippen LogP contribution in [0.2, 0.25) is 0 Å². The highest BCUT2D eigenvalue weighted by molar-refractivity contribution is 9.09.